The van der Waals surface area contributed by atoms with E-state index < -0.39 is 0 Å². The normalized spacial score (nSPS) is 43.7. The summed E-state index contributed by atoms with van der Waals surface area (Å²) in [6, 6.07) is 0.550. The van der Waals surface area contributed by atoms with Gasteiger partial charge in [0.25, 0.3) is 0 Å². The predicted molar refractivity (Wildman–Crippen MR) is 90.5 cm³/mol. The van der Waals surface area contributed by atoms with E-state index in [-0.39, 0.29) is 0 Å². The van der Waals surface area contributed by atoms with Crippen LogP contribution in [0, 0.1) is 23.2 Å². The van der Waals surface area contributed by atoms with Crippen molar-refractivity contribution in [3.05, 3.63) is 0 Å². The van der Waals surface area contributed by atoms with Crippen molar-refractivity contribution in [1.29, 1.82) is 0 Å². The lowest BCUT2D eigenvalue weighted by atomic mass is 9.71. The number of rotatable bonds is 4. The molecule has 124 valence electrons. The SMILES string of the molecule is CCNC1CC(C)CC(C)C1OC1CC(C)CC(C)(C)C1. The predicted octanol–water partition coefficient (Wildman–Crippen LogP) is 4.63. The molecule has 2 nitrogen and oxygen atoms in total. The minimum absolute atomic E-state index is 0.409. The monoisotopic (exact) mass is 295 g/mol. The van der Waals surface area contributed by atoms with Crippen LogP contribution < -0.4 is 5.32 Å². The smallest absolute Gasteiger partial charge is 0.0757 e. The van der Waals surface area contributed by atoms with Crippen LogP contribution in [0.4, 0.5) is 0 Å². The number of hydrogen-bond acceptors (Lipinski definition) is 2. The average molecular weight is 296 g/mol. The molecule has 0 aromatic heterocycles. The van der Waals surface area contributed by atoms with E-state index in [1.54, 1.807) is 0 Å². The molecule has 0 heterocycles. The van der Waals surface area contributed by atoms with E-state index in [1.807, 2.05) is 0 Å². The van der Waals surface area contributed by atoms with Crippen molar-refractivity contribution >= 4 is 0 Å². The maximum Gasteiger partial charge on any atom is 0.0757 e. The van der Waals surface area contributed by atoms with Gasteiger partial charge in [0.2, 0.25) is 0 Å². The summed E-state index contributed by atoms with van der Waals surface area (Å²) in [5.74, 6) is 2.30. The van der Waals surface area contributed by atoms with Crippen molar-refractivity contribution in [3.63, 3.8) is 0 Å². The van der Waals surface area contributed by atoms with Gasteiger partial charge in [0.05, 0.1) is 12.2 Å². The summed E-state index contributed by atoms with van der Waals surface area (Å²) >= 11 is 0. The van der Waals surface area contributed by atoms with Gasteiger partial charge in [-0.2, -0.15) is 0 Å². The van der Waals surface area contributed by atoms with Crippen LogP contribution in [0.1, 0.15) is 73.6 Å². The zero-order valence-electron chi connectivity index (χ0n) is 15.1. The maximum absolute atomic E-state index is 6.70. The second-order valence-corrected chi connectivity index (χ2v) is 8.85. The van der Waals surface area contributed by atoms with Gasteiger partial charge in [-0.15, -0.1) is 0 Å². The molecule has 2 rings (SSSR count). The van der Waals surface area contributed by atoms with E-state index in [9.17, 15) is 0 Å². The van der Waals surface area contributed by atoms with Crippen LogP contribution in [-0.4, -0.2) is 24.8 Å². The molecule has 0 aromatic rings. The van der Waals surface area contributed by atoms with Crippen LogP contribution in [0.3, 0.4) is 0 Å². The first-order chi connectivity index (χ1) is 9.80. The van der Waals surface area contributed by atoms with E-state index in [0.29, 0.717) is 29.6 Å². The van der Waals surface area contributed by atoms with Crippen molar-refractivity contribution in [1.82, 2.24) is 5.32 Å². The van der Waals surface area contributed by atoms with Gasteiger partial charge in [0, 0.05) is 6.04 Å². The molecule has 6 unspecified atom stereocenters. The number of hydrogen-bond donors (Lipinski definition) is 1. The Balaban J connectivity index is 2.01. The van der Waals surface area contributed by atoms with Gasteiger partial charge in [-0.25, -0.2) is 0 Å². The third-order valence-corrected chi connectivity index (χ3v) is 5.55. The number of likely N-dealkylation sites (N-methyl/N-ethyl adjacent to an activating group) is 1. The molecular formula is C19H37NO. The highest BCUT2D eigenvalue weighted by Crippen LogP contribution is 2.41. The third kappa shape index (κ3) is 4.69. The fourth-order valence-electron chi connectivity index (χ4n) is 5.10. The molecule has 2 fully saturated rings. The highest BCUT2D eigenvalue weighted by molar-refractivity contribution is 4.91. The lowest BCUT2D eigenvalue weighted by Crippen LogP contribution is -2.51. The highest BCUT2D eigenvalue weighted by atomic mass is 16.5. The molecule has 0 amide bonds. The minimum atomic E-state index is 0.409. The van der Waals surface area contributed by atoms with Crippen molar-refractivity contribution in [2.45, 2.75) is 91.9 Å². The Morgan fingerprint density at radius 3 is 2.33 bits per heavy atom. The van der Waals surface area contributed by atoms with E-state index >= 15 is 0 Å². The first-order valence-electron chi connectivity index (χ1n) is 9.19. The van der Waals surface area contributed by atoms with Crippen molar-refractivity contribution in [2.24, 2.45) is 23.2 Å². The van der Waals surface area contributed by atoms with Crippen LogP contribution in [0.25, 0.3) is 0 Å². The first-order valence-corrected chi connectivity index (χ1v) is 9.19. The standard InChI is InChI=1S/C19H37NO/c1-7-20-17-10-13(2)8-15(4)18(17)21-16-9-14(3)11-19(5,6)12-16/h13-18,20H,7-12H2,1-6H3. The van der Waals surface area contributed by atoms with E-state index in [4.69, 9.17) is 4.74 Å². The topological polar surface area (TPSA) is 21.3 Å². The highest BCUT2D eigenvalue weighted by Gasteiger charge is 2.39. The zero-order valence-corrected chi connectivity index (χ0v) is 15.1. The van der Waals surface area contributed by atoms with Crippen molar-refractivity contribution in [2.75, 3.05) is 6.54 Å². The van der Waals surface area contributed by atoms with Crippen LogP contribution in [0.15, 0.2) is 0 Å². The van der Waals surface area contributed by atoms with Crippen molar-refractivity contribution < 1.29 is 4.74 Å². The summed E-state index contributed by atoms with van der Waals surface area (Å²) in [4.78, 5) is 0. The van der Waals surface area contributed by atoms with Crippen LogP contribution in [0.5, 0.6) is 0 Å². The molecule has 2 heteroatoms. The Morgan fingerprint density at radius 1 is 1.00 bits per heavy atom. The van der Waals surface area contributed by atoms with E-state index in [0.717, 1.165) is 18.4 Å². The van der Waals surface area contributed by atoms with Gasteiger partial charge in [-0.1, -0.05) is 41.5 Å². The van der Waals surface area contributed by atoms with E-state index in [2.05, 4.69) is 46.9 Å². The summed E-state index contributed by atoms with van der Waals surface area (Å²) in [6.07, 6.45) is 7.29. The molecule has 0 bridgehead atoms. The molecule has 2 saturated carbocycles. The summed E-state index contributed by atoms with van der Waals surface area (Å²) in [7, 11) is 0. The second-order valence-electron chi connectivity index (χ2n) is 8.85. The Hall–Kier alpha value is -0.0800. The van der Waals surface area contributed by atoms with Crippen LogP contribution in [0.2, 0.25) is 0 Å². The van der Waals surface area contributed by atoms with Gasteiger partial charge >= 0.3 is 0 Å². The van der Waals surface area contributed by atoms with Gasteiger partial charge in [0.15, 0.2) is 0 Å². The molecule has 21 heavy (non-hydrogen) atoms. The van der Waals surface area contributed by atoms with Crippen LogP contribution >= 0.6 is 0 Å². The zero-order chi connectivity index (χ0) is 15.6. The van der Waals surface area contributed by atoms with Gasteiger partial charge in [0.1, 0.15) is 0 Å². The Kier molecular flexibility index (Phi) is 5.76. The van der Waals surface area contributed by atoms with Gasteiger partial charge in [-0.3, -0.25) is 0 Å². The molecule has 0 spiro atoms. The molecule has 0 aromatic carbocycles. The number of ether oxygens (including phenoxy) is 1. The fourth-order valence-corrected chi connectivity index (χ4v) is 5.10. The Morgan fingerprint density at radius 2 is 1.71 bits per heavy atom. The first kappa shape index (κ1) is 17.3. The Labute approximate surface area is 132 Å². The summed E-state index contributed by atoms with van der Waals surface area (Å²) < 4.78 is 6.70. The van der Waals surface area contributed by atoms with Crippen LogP contribution in [-0.2, 0) is 4.74 Å². The van der Waals surface area contributed by atoms with E-state index in [1.165, 1.54) is 32.1 Å². The van der Waals surface area contributed by atoms with Crippen molar-refractivity contribution in [3.8, 4) is 0 Å². The summed E-state index contributed by atoms with van der Waals surface area (Å²) in [5, 5.41) is 3.69. The fraction of sp³-hybridized carbons (Fsp3) is 1.00. The summed E-state index contributed by atoms with van der Waals surface area (Å²) in [5.41, 5.74) is 0.446. The molecule has 1 N–H and O–H groups in total. The third-order valence-electron chi connectivity index (χ3n) is 5.55. The van der Waals surface area contributed by atoms with Gasteiger partial charge in [-0.05, 0) is 61.8 Å². The summed E-state index contributed by atoms with van der Waals surface area (Å²) in [6.45, 7) is 15.3. The largest absolute Gasteiger partial charge is 0.373 e. The average Bonchev–Trinajstić information content (AvgIpc) is 2.31. The number of nitrogens with one attached hydrogen (secondary N) is 1. The maximum atomic E-state index is 6.70. The molecule has 0 radical (unpaired) electrons. The molecule has 2 aliphatic rings. The molecule has 2 aliphatic carbocycles. The molecule has 6 atom stereocenters. The Bertz CT molecular complexity index is 328. The lowest BCUT2D eigenvalue weighted by molar-refractivity contribution is -0.111. The molecule has 0 aliphatic heterocycles. The quantitative estimate of drug-likeness (QED) is 0.816. The molecule has 0 saturated heterocycles. The minimum Gasteiger partial charge on any atom is -0.373 e. The lowest BCUT2D eigenvalue weighted by Gasteiger charge is -2.45. The molecular weight excluding hydrogens is 258 g/mol. The second kappa shape index (κ2) is 7.00. The van der Waals surface area contributed by atoms with Gasteiger partial charge < -0.3 is 10.1 Å².